The summed E-state index contributed by atoms with van der Waals surface area (Å²) in [6, 6.07) is 12.3. The number of aryl methyl sites for hydroxylation is 2. The van der Waals surface area contributed by atoms with Crippen LogP contribution in [-0.4, -0.2) is 52.1 Å². The first-order valence-electron chi connectivity index (χ1n) is 13.3. The minimum absolute atomic E-state index is 0.0176. The number of nitrogens with one attached hydrogen (secondary N) is 1. The second kappa shape index (κ2) is 9.86. The van der Waals surface area contributed by atoms with E-state index in [9.17, 15) is 23.9 Å². The number of urea groups is 1. The number of anilines is 2. The Bertz CT molecular complexity index is 1720. The number of oxazole rings is 1. The molecular weight excluding hydrogens is 515 g/mol. The van der Waals surface area contributed by atoms with Crippen LogP contribution in [0, 0.1) is 12.7 Å². The molecule has 206 valence electrons. The topological polar surface area (TPSA) is 108 Å². The molecule has 0 bridgehead atoms. The van der Waals surface area contributed by atoms with E-state index in [4.69, 9.17) is 4.42 Å². The minimum Gasteiger partial charge on any atom is -0.508 e. The van der Waals surface area contributed by atoms with Crippen molar-refractivity contribution in [3.63, 3.8) is 0 Å². The van der Waals surface area contributed by atoms with Gasteiger partial charge in [0.1, 0.15) is 11.6 Å². The predicted molar refractivity (Wildman–Crippen MR) is 149 cm³/mol. The van der Waals surface area contributed by atoms with Crippen molar-refractivity contribution in [1.29, 1.82) is 0 Å². The van der Waals surface area contributed by atoms with Crippen LogP contribution in [0.3, 0.4) is 0 Å². The van der Waals surface area contributed by atoms with E-state index < -0.39 is 11.6 Å². The molecule has 0 spiro atoms. The van der Waals surface area contributed by atoms with Gasteiger partial charge in [-0.05, 0) is 85.8 Å². The molecule has 9 nitrogen and oxygen atoms in total. The Morgan fingerprint density at radius 3 is 2.55 bits per heavy atom. The van der Waals surface area contributed by atoms with Gasteiger partial charge in [0.2, 0.25) is 0 Å². The zero-order chi connectivity index (χ0) is 28.1. The number of halogens is 1. The van der Waals surface area contributed by atoms with Crippen LogP contribution in [0.5, 0.6) is 5.75 Å². The fraction of sp³-hybridized carbons (Fsp3) is 0.300. The number of hydrogen-bond acceptors (Lipinski definition) is 6. The summed E-state index contributed by atoms with van der Waals surface area (Å²) in [6.07, 6.45) is 2.02. The molecule has 2 N–H and O–H groups in total. The summed E-state index contributed by atoms with van der Waals surface area (Å²) in [4.78, 5) is 42.2. The first-order valence-corrected chi connectivity index (χ1v) is 13.3. The van der Waals surface area contributed by atoms with E-state index in [0.717, 1.165) is 5.56 Å². The van der Waals surface area contributed by atoms with E-state index in [-0.39, 0.29) is 29.2 Å². The van der Waals surface area contributed by atoms with Crippen LogP contribution in [0.2, 0.25) is 0 Å². The number of fused-ring (bicyclic) bond motifs is 2. The van der Waals surface area contributed by atoms with Gasteiger partial charge in [-0.25, -0.2) is 14.0 Å². The highest BCUT2D eigenvalue weighted by molar-refractivity contribution is 6.11. The second-order valence-corrected chi connectivity index (χ2v) is 10.5. The number of amides is 2. The Morgan fingerprint density at radius 1 is 1.02 bits per heavy atom. The third kappa shape index (κ3) is 4.59. The van der Waals surface area contributed by atoms with Crippen molar-refractivity contribution in [1.82, 2.24) is 9.47 Å². The molecule has 3 heterocycles. The molecule has 0 atom stereocenters. The zero-order valence-electron chi connectivity index (χ0n) is 22.2. The second-order valence-electron chi connectivity index (χ2n) is 10.5. The van der Waals surface area contributed by atoms with E-state index in [1.165, 1.54) is 22.8 Å². The minimum atomic E-state index is -0.514. The van der Waals surface area contributed by atoms with Crippen LogP contribution >= 0.6 is 0 Å². The number of carbonyl (C=O) groups excluding carboxylic acids is 2. The molecule has 0 aliphatic carbocycles. The number of aromatic hydroxyl groups is 1. The first kappa shape index (κ1) is 25.7. The maximum Gasteiger partial charge on any atom is 0.419 e. The van der Waals surface area contributed by atoms with Gasteiger partial charge in [-0.15, -0.1) is 0 Å². The largest absolute Gasteiger partial charge is 0.508 e. The van der Waals surface area contributed by atoms with Crippen LogP contribution in [0.25, 0.3) is 11.1 Å². The number of nitrogens with zero attached hydrogens (tertiary/aromatic N) is 3. The molecule has 2 aliphatic heterocycles. The van der Waals surface area contributed by atoms with E-state index in [1.54, 1.807) is 44.3 Å². The summed E-state index contributed by atoms with van der Waals surface area (Å²) in [7, 11) is 1.61. The molecule has 0 radical (unpaired) electrons. The highest BCUT2D eigenvalue weighted by Crippen LogP contribution is 2.30. The summed E-state index contributed by atoms with van der Waals surface area (Å²) in [6.45, 7) is 3.53. The lowest BCUT2D eigenvalue weighted by molar-refractivity contribution is 0.103. The average Bonchev–Trinajstić information content (AvgIpc) is 3.12. The lowest BCUT2D eigenvalue weighted by Gasteiger charge is -2.39. The fourth-order valence-electron chi connectivity index (χ4n) is 5.92. The van der Waals surface area contributed by atoms with Crippen LogP contribution in [0.1, 0.15) is 39.9 Å². The molecule has 1 fully saturated rings. The molecule has 2 aliphatic rings. The number of piperidine rings is 1. The smallest absolute Gasteiger partial charge is 0.419 e. The quantitative estimate of drug-likeness (QED) is 0.288. The highest BCUT2D eigenvalue weighted by Gasteiger charge is 2.30. The standard InChI is InChI=1S/C30H29FN4O5/c1-17-11-19(15-26-27(17)33(2)30(39)40-26)28(37)20-12-21(31)16-23(13-20)34-8-6-22(7-9-34)35-10-5-18-14-24(36)3-4-25(18)32-29(35)38/h3-4,11-16,22,36H,5-10H2,1-2H3,(H,32,38). The summed E-state index contributed by atoms with van der Waals surface area (Å²) in [5.74, 6) is -1.22. The van der Waals surface area contributed by atoms with Crippen LogP contribution in [0.4, 0.5) is 20.6 Å². The highest BCUT2D eigenvalue weighted by atomic mass is 19.1. The Morgan fingerprint density at radius 2 is 1.77 bits per heavy atom. The number of ketones is 1. The molecule has 1 aromatic heterocycles. The Labute approximate surface area is 229 Å². The van der Waals surface area contributed by atoms with Crippen molar-refractivity contribution in [2.45, 2.75) is 32.2 Å². The molecule has 0 unspecified atom stereocenters. The average molecular weight is 545 g/mol. The number of hydrogen-bond donors (Lipinski definition) is 2. The number of aromatic nitrogens is 1. The van der Waals surface area contributed by atoms with Crippen molar-refractivity contribution >= 4 is 34.3 Å². The van der Waals surface area contributed by atoms with Crippen LogP contribution < -0.4 is 16.0 Å². The lowest BCUT2D eigenvalue weighted by atomic mass is 9.98. The summed E-state index contributed by atoms with van der Waals surface area (Å²) in [5.41, 5.74) is 4.38. The van der Waals surface area contributed by atoms with Gasteiger partial charge < -0.3 is 24.6 Å². The Hall–Kier alpha value is -4.60. The van der Waals surface area contributed by atoms with Gasteiger partial charge in [-0.2, -0.15) is 0 Å². The van der Waals surface area contributed by atoms with Gasteiger partial charge in [-0.1, -0.05) is 0 Å². The maximum atomic E-state index is 14.7. The molecule has 40 heavy (non-hydrogen) atoms. The van der Waals surface area contributed by atoms with Gasteiger partial charge in [0, 0.05) is 55.2 Å². The lowest BCUT2D eigenvalue weighted by Crippen LogP contribution is -2.49. The summed E-state index contributed by atoms with van der Waals surface area (Å²) >= 11 is 0. The molecule has 2 amide bonds. The third-order valence-corrected chi connectivity index (χ3v) is 7.96. The Balaban J connectivity index is 1.18. The molecule has 0 saturated carbocycles. The molecule has 4 aromatic rings. The normalized spacial score (nSPS) is 16.1. The van der Waals surface area contributed by atoms with Gasteiger partial charge >= 0.3 is 11.8 Å². The third-order valence-electron chi connectivity index (χ3n) is 7.96. The van der Waals surface area contributed by atoms with Gasteiger partial charge in [0.15, 0.2) is 11.4 Å². The number of benzene rings is 3. The monoisotopic (exact) mass is 544 g/mol. The van der Waals surface area contributed by atoms with Crippen molar-refractivity contribution in [2.75, 3.05) is 29.9 Å². The van der Waals surface area contributed by atoms with Crippen molar-refractivity contribution in [3.05, 3.63) is 87.2 Å². The first-order chi connectivity index (χ1) is 19.2. The van der Waals surface area contributed by atoms with Gasteiger partial charge in [0.05, 0.1) is 5.52 Å². The number of phenols is 1. The molecular formula is C30H29FN4O5. The molecule has 10 heteroatoms. The summed E-state index contributed by atoms with van der Waals surface area (Å²) in [5, 5.41) is 12.8. The zero-order valence-corrected chi connectivity index (χ0v) is 22.2. The molecule has 1 saturated heterocycles. The van der Waals surface area contributed by atoms with Gasteiger partial charge in [-0.3, -0.25) is 9.36 Å². The van der Waals surface area contributed by atoms with Gasteiger partial charge in [0.25, 0.3) is 0 Å². The molecule has 6 rings (SSSR count). The summed E-state index contributed by atoms with van der Waals surface area (Å²) < 4.78 is 21.4. The predicted octanol–water partition coefficient (Wildman–Crippen LogP) is 4.57. The molecule has 3 aromatic carbocycles. The maximum absolute atomic E-state index is 14.7. The van der Waals surface area contributed by atoms with E-state index >= 15 is 0 Å². The Kier molecular flexibility index (Phi) is 6.32. The number of rotatable bonds is 4. The van der Waals surface area contributed by atoms with Crippen molar-refractivity contribution < 1.29 is 23.5 Å². The van der Waals surface area contributed by atoms with Crippen LogP contribution in [-0.2, 0) is 13.5 Å². The van der Waals surface area contributed by atoms with E-state index in [1.807, 2.05) is 9.80 Å². The number of phenolic OH excluding ortho intramolecular Hbond substituents is 1. The van der Waals surface area contributed by atoms with Crippen molar-refractivity contribution in [3.8, 4) is 5.75 Å². The van der Waals surface area contributed by atoms with E-state index in [2.05, 4.69) is 5.32 Å². The van der Waals surface area contributed by atoms with Crippen molar-refractivity contribution in [2.24, 2.45) is 7.05 Å². The van der Waals surface area contributed by atoms with E-state index in [0.29, 0.717) is 72.5 Å². The number of carbonyl (C=O) groups is 2. The fourth-order valence-corrected chi connectivity index (χ4v) is 5.92. The SMILES string of the molecule is Cc1cc(C(=O)c2cc(F)cc(N3CCC(N4CCc5cc(O)ccc5NC4=O)CC3)c2)cc2oc(=O)n(C)c12. The van der Waals surface area contributed by atoms with Crippen LogP contribution in [0.15, 0.2) is 57.7 Å².